The van der Waals surface area contributed by atoms with Crippen molar-refractivity contribution in [2.45, 2.75) is 6.10 Å². The second-order valence-corrected chi connectivity index (χ2v) is 4.52. The van der Waals surface area contributed by atoms with Gasteiger partial charge in [0, 0.05) is 11.1 Å². The molecule has 1 heterocycles. The van der Waals surface area contributed by atoms with Gasteiger partial charge in [-0.15, -0.1) is 0 Å². The van der Waals surface area contributed by atoms with Crippen molar-refractivity contribution in [3.63, 3.8) is 0 Å². The Bertz CT molecular complexity index is 663. The molecule has 0 fully saturated rings. The summed E-state index contributed by atoms with van der Waals surface area (Å²) in [5.74, 6) is 1.13. The van der Waals surface area contributed by atoms with E-state index in [1.54, 1.807) is 26.4 Å². The van der Waals surface area contributed by atoms with Gasteiger partial charge in [-0.2, -0.15) is 0 Å². The first-order valence-corrected chi connectivity index (χ1v) is 6.26. The number of ether oxygens (including phenoxy) is 3. The average molecular weight is 270 g/mol. The molecule has 0 radical (unpaired) electrons. The molecular formula is C16H14O4. The minimum absolute atomic E-state index is 0.310. The Morgan fingerprint density at radius 3 is 2.50 bits per heavy atom. The summed E-state index contributed by atoms with van der Waals surface area (Å²) in [5, 5.41) is 0. The van der Waals surface area contributed by atoms with Crippen LogP contribution in [0.15, 0.2) is 42.5 Å². The number of carbonyl (C=O) groups excluding carboxylic acids is 1. The third kappa shape index (κ3) is 1.99. The first-order valence-electron chi connectivity index (χ1n) is 6.26. The number of esters is 1. The molecule has 0 amide bonds. The molecule has 4 nitrogen and oxygen atoms in total. The minimum atomic E-state index is -0.414. The quantitative estimate of drug-likeness (QED) is 0.804. The summed E-state index contributed by atoms with van der Waals surface area (Å²) in [6.45, 7) is 0. The Morgan fingerprint density at radius 1 is 1.00 bits per heavy atom. The predicted octanol–water partition coefficient (Wildman–Crippen LogP) is 2.96. The number of carbonyl (C=O) groups is 1. The molecule has 0 aliphatic carbocycles. The van der Waals surface area contributed by atoms with E-state index in [0.29, 0.717) is 11.3 Å². The van der Waals surface area contributed by atoms with Crippen molar-refractivity contribution in [1.82, 2.24) is 0 Å². The van der Waals surface area contributed by atoms with E-state index in [1.165, 1.54) is 0 Å². The Morgan fingerprint density at radius 2 is 1.75 bits per heavy atom. The Balaban J connectivity index is 2.07. The highest BCUT2D eigenvalue weighted by molar-refractivity contribution is 5.94. The number of cyclic esters (lactones) is 1. The lowest BCUT2D eigenvalue weighted by Gasteiger charge is -2.12. The first kappa shape index (κ1) is 12.5. The summed E-state index contributed by atoms with van der Waals surface area (Å²) in [4.78, 5) is 11.9. The lowest BCUT2D eigenvalue weighted by molar-refractivity contribution is 0.0455. The molecule has 1 aliphatic rings. The van der Waals surface area contributed by atoms with Crippen LogP contribution in [0, 0.1) is 0 Å². The standard InChI is InChI=1S/C16H14O4/c1-18-11-5-3-4-10(8-11)15-14-9-12(19-2)6-7-13(14)16(17)20-15/h3-9,15H,1-2H3. The number of hydrogen-bond acceptors (Lipinski definition) is 4. The van der Waals surface area contributed by atoms with Crippen LogP contribution in [0.5, 0.6) is 11.5 Å². The van der Waals surface area contributed by atoms with Crippen molar-refractivity contribution in [2.24, 2.45) is 0 Å². The van der Waals surface area contributed by atoms with Crippen molar-refractivity contribution in [3.05, 3.63) is 59.2 Å². The number of rotatable bonds is 3. The molecule has 20 heavy (non-hydrogen) atoms. The van der Waals surface area contributed by atoms with Crippen molar-refractivity contribution in [3.8, 4) is 11.5 Å². The van der Waals surface area contributed by atoms with Gasteiger partial charge >= 0.3 is 5.97 Å². The summed E-state index contributed by atoms with van der Waals surface area (Å²) < 4.78 is 15.9. The number of hydrogen-bond donors (Lipinski definition) is 0. The second kappa shape index (κ2) is 4.89. The highest BCUT2D eigenvalue weighted by atomic mass is 16.5. The zero-order chi connectivity index (χ0) is 14.1. The van der Waals surface area contributed by atoms with Crippen LogP contribution in [-0.4, -0.2) is 20.2 Å². The van der Waals surface area contributed by atoms with E-state index in [1.807, 2.05) is 30.3 Å². The highest BCUT2D eigenvalue weighted by Gasteiger charge is 2.32. The number of fused-ring (bicyclic) bond motifs is 1. The van der Waals surface area contributed by atoms with E-state index >= 15 is 0 Å². The predicted molar refractivity (Wildman–Crippen MR) is 73.2 cm³/mol. The fourth-order valence-corrected chi connectivity index (χ4v) is 2.36. The van der Waals surface area contributed by atoms with Crippen LogP contribution in [-0.2, 0) is 4.74 Å². The van der Waals surface area contributed by atoms with Gasteiger partial charge in [0.05, 0.1) is 19.8 Å². The summed E-state index contributed by atoms with van der Waals surface area (Å²) in [7, 11) is 3.21. The van der Waals surface area contributed by atoms with Crippen LogP contribution in [0.2, 0.25) is 0 Å². The second-order valence-electron chi connectivity index (χ2n) is 4.52. The summed E-state index contributed by atoms with van der Waals surface area (Å²) in [6, 6.07) is 12.8. The Hall–Kier alpha value is -2.49. The maximum atomic E-state index is 11.9. The molecule has 0 N–H and O–H groups in total. The molecule has 1 atom stereocenters. The van der Waals surface area contributed by atoms with Crippen LogP contribution >= 0.6 is 0 Å². The van der Waals surface area contributed by atoms with Gasteiger partial charge < -0.3 is 14.2 Å². The van der Waals surface area contributed by atoms with Gasteiger partial charge in [-0.25, -0.2) is 4.79 Å². The van der Waals surface area contributed by atoms with Crippen LogP contribution < -0.4 is 9.47 Å². The van der Waals surface area contributed by atoms with Gasteiger partial charge in [-0.3, -0.25) is 0 Å². The van der Waals surface area contributed by atoms with Crippen molar-refractivity contribution < 1.29 is 19.0 Å². The van der Waals surface area contributed by atoms with E-state index in [9.17, 15) is 4.79 Å². The Labute approximate surface area is 116 Å². The number of methoxy groups -OCH3 is 2. The van der Waals surface area contributed by atoms with E-state index in [2.05, 4.69) is 0 Å². The lowest BCUT2D eigenvalue weighted by atomic mass is 9.99. The SMILES string of the molecule is COc1cccc(C2OC(=O)c3ccc(OC)cc32)c1. The fraction of sp³-hybridized carbons (Fsp3) is 0.188. The molecule has 102 valence electrons. The molecule has 0 saturated carbocycles. The maximum absolute atomic E-state index is 11.9. The van der Waals surface area contributed by atoms with Gasteiger partial charge in [0.15, 0.2) is 6.10 Å². The van der Waals surface area contributed by atoms with Crippen LogP contribution in [0.1, 0.15) is 27.6 Å². The fourth-order valence-electron chi connectivity index (χ4n) is 2.36. The zero-order valence-electron chi connectivity index (χ0n) is 11.3. The van der Waals surface area contributed by atoms with E-state index in [-0.39, 0.29) is 5.97 Å². The topological polar surface area (TPSA) is 44.8 Å². The average Bonchev–Trinajstić information content (AvgIpc) is 2.84. The smallest absolute Gasteiger partial charge is 0.339 e. The molecule has 1 unspecified atom stereocenters. The van der Waals surface area contributed by atoms with Crippen LogP contribution in [0.4, 0.5) is 0 Å². The highest BCUT2D eigenvalue weighted by Crippen LogP contribution is 2.38. The number of benzene rings is 2. The van der Waals surface area contributed by atoms with E-state index in [4.69, 9.17) is 14.2 Å². The third-order valence-electron chi connectivity index (χ3n) is 3.38. The molecule has 1 aliphatic heterocycles. The molecule has 2 aromatic carbocycles. The van der Waals surface area contributed by atoms with Gasteiger partial charge in [-0.05, 0) is 30.3 Å². The Kier molecular flexibility index (Phi) is 3.06. The van der Waals surface area contributed by atoms with Crippen molar-refractivity contribution in [1.29, 1.82) is 0 Å². The van der Waals surface area contributed by atoms with E-state index < -0.39 is 6.10 Å². The summed E-state index contributed by atoms with van der Waals surface area (Å²) in [6.07, 6.45) is -0.414. The van der Waals surface area contributed by atoms with Gasteiger partial charge in [0.25, 0.3) is 0 Å². The molecule has 2 aromatic rings. The van der Waals surface area contributed by atoms with Crippen LogP contribution in [0.3, 0.4) is 0 Å². The van der Waals surface area contributed by atoms with Crippen molar-refractivity contribution in [2.75, 3.05) is 14.2 Å². The monoisotopic (exact) mass is 270 g/mol. The molecule has 0 spiro atoms. The maximum Gasteiger partial charge on any atom is 0.339 e. The minimum Gasteiger partial charge on any atom is -0.497 e. The first-order chi connectivity index (χ1) is 9.72. The lowest BCUT2D eigenvalue weighted by Crippen LogP contribution is -2.01. The molecule has 4 heteroatoms. The molecule has 0 bridgehead atoms. The largest absolute Gasteiger partial charge is 0.497 e. The normalized spacial score (nSPS) is 16.5. The summed E-state index contributed by atoms with van der Waals surface area (Å²) >= 11 is 0. The third-order valence-corrected chi connectivity index (χ3v) is 3.38. The molecule has 0 saturated heterocycles. The van der Waals surface area contributed by atoms with Gasteiger partial charge in [0.2, 0.25) is 0 Å². The molecule has 3 rings (SSSR count). The molecule has 0 aromatic heterocycles. The van der Waals surface area contributed by atoms with Crippen LogP contribution in [0.25, 0.3) is 0 Å². The van der Waals surface area contributed by atoms with Gasteiger partial charge in [-0.1, -0.05) is 12.1 Å². The zero-order valence-corrected chi connectivity index (χ0v) is 11.3. The van der Waals surface area contributed by atoms with Gasteiger partial charge in [0.1, 0.15) is 11.5 Å². The van der Waals surface area contributed by atoms with E-state index in [0.717, 1.165) is 16.9 Å². The summed E-state index contributed by atoms with van der Waals surface area (Å²) in [5.41, 5.74) is 2.28. The van der Waals surface area contributed by atoms with Crippen molar-refractivity contribution >= 4 is 5.97 Å². The molecular weight excluding hydrogens is 256 g/mol.